The second-order valence-electron chi connectivity index (χ2n) is 5.29. The van der Waals surface area contributed by atoms with Crippen molar-refractivity contribution in [1.82, 2.24) is 0 Å². The molecule has 0 unspecified atom stereocenters. The maximum absolute atomic E-state index is 6.18. The van der Waals surface area contributed by atoms with Crippen LogP contribution in [0.2, 0.25) is 0 Å². The van der Waals surface area contributed by atoms with Crippen LogP contribution in [0.5, 0.6) is 0 Å². The molecule has 0 bridgehead atoms. The first-order valence-electron chi connectivity index (χ1n) is 7.22. The second kappa shape index (κ2) is 5.45. The molecule has 0 aliphatic carbocycles. The van der Waals surface area contributed by atoms with Crippen LogP contribution in [0.25, 0.3) is 28.0 Å². The minimum atomic E-state index is 0.820. The fourth-order valence-electron chi connectivity index (χ4n) is 2.89. The lowest BCUT2D eigenvalue weighted by Gasteiger charge is -2.14. The lowest BCUT2D eigenvalue weighted by atomic mass is 9.91. The third kappa shape index (κ3) is 2.31. The Kier molecular flexibility index (Phi) is 3.49. The van der Waals surface area contributed by atoms with Crippen LogP contribution < -0.4 is 5.73 Å². The van der Waals surface area contributed by atoms with E-state index in [1.54, 1.807) is 0 Å². The maximum atomic E-state index is 6.18. The number of aryl methyl sites for hydroxylation is 1. The van der Waals surface area contributed by atoms with Crippen LogP contribution in [0.1, 0.15) is 18.1 Å². The first kappa shape index (κ1) is 13.4. The number of hydrogen-bond donors (Lipinski definition) is 1. The average Bonchev–Trinajstić information content (AvgIpc) is 2.50. The second-order valence-corrected chi connectivity index (χ2v) is 5.29. The summed E-state index contributed by atoms with van der Waals surface area (Å²) in [4.78, 5) is 0. The Morgan fingerprint density at radius 1 is 0.857 bits per heavy atom. The zero-order chi connectivity index (χ0) is 14.8. The predicted octanol–water partition coefficient (Wildman–Crippen LogP) is 5.43. The van der Waals surface area contributed by atoms with Crippen molar-refractivity contribution in [3.8, 4) is 11.1 Å². The summed E-state index contributed by atoms with van der Waals surface area (Å²) < 4.78 is 0. The lowest BCUT2D eigenvalue weighted by molar-refractivity contribution is 1.47. The Morgan fingerprint density at radius 2 is 1.52 bits per heavy atom. The van der Waals surface area contributed by atoms with Gasteiger partial charge in [0.15, 0.2) is 0 Å². The number of nitrogen functional groups attached to an aromatic ring is 1. The smallest absolute Gasteiger partial charge is 0.0393 e. The molecule has 3 aromatic rings. The fourth-order valence-corrected chi connectivity index (χ4v) is 2.89. The normalized spacial score (nSPS) is 11.3. The van der Waals surface area contributed by atoms with Gasteiger partial charge in [-0.2, -0.15) is 0 Å². The average molecular weight is 273 g/mol. The quantitative estimate of drug-likeness (QED) is 0.619. The van der Waals surface area contributed by atoms with Gasteiger partial charge in [-0.3, -0.25) is 0 Å². The third-order valence-corrected chi connectivity index (χ3v) is 3.88. The molecule has 1 nitrogen and oxygen atoms in total. The van der Waals surface area contributed by atoms with E-state index < -0.39 is 0 Å². The van der Waals surface area contributed by atoms with E-state index in [4.69, 9.17) is 5.73 Å². The van der Waals surface area contributed by atoms with E-state index in [0.29, 0.717) is 0 Å². The summed E-state index contributed by atoms with van der Waals surface area (Å²) in [7, 11) is 0. The van der Waals surface area contributed by atoms with Crippen molar-refractivity contribution in [2.75, 3.05) is 5.73 Å². The van der Waals surface area contributed by atoms with E-state index in [2.05, 4.69) is 62.4 Å². The summed E-state index contributed by atoms with van der Waals surface area (Å²) in [6.07, 6.45) is 4.27. The number of nitrogens with two attached hydrogens (primary N) is 1. The van der Waals surface area contributed by atoms with Crippen LogP contribution in [0.4, 0.5) is 5.69 Å². The molecule has 0 heterocycles. The molecule has 104 valence electrons. The highest BCUT2D eigenvalue weighted by atomic mass is 14.6. The van der Waals surface area contributed by atoms with Crippen LogP contribution >= 0.6 is 0 Å². The Balaban J connectivity index is 2.41. The molecule has 0 aromatic heterocycles. The van der Waals surface area contributed by atoms with E-state index in [1.807, 2.05) is 18.2 Å². The molecule has 0 saturated carbocycles. The molecule has 0 saturated heterocycles. The van der Waals surface area contributed by atoms with Gasteiger partial charge in [-0.1, -0.05) is 60.7 Å². The molecule has 21 heavy (non-hydrogen) atoms. The van der Waals surface area contributed by atoms with Crippen molar-refractivity contribution < 1.29 is 0 Å². The van der Waals surface area contributed by atoms with E-state index in [9.17, 15) is 0 Å². The van der Waals surface area contributed by atoms with Crippen LogP contribution in [-0.4, -0.2) is 0 Å². The van der Waals surface area contributed by atoms with Gasteiger partial charge in [0.05, 0.1) is 0 Å². The number of fused-ring (bicyclic) bond motifs is 1. The minimum absolute atomic E-state index is 0.820. The highest BCUT2D eigenvalue weighted by Crippen LogP contribution is 2.36. The number of hydrogen-bond acceptors (Lipinski definition) is 1. The highest BCUT2D eigenvalue weighted by Gasteiger charge is 2.10. The van der Waals surface area contributed by atoms with Gasteiger partial charge in [0, 0.05) is 11.3 Å². The number of benzene rings is 3. The Bertz CT molecular complexity index is 828. The summed E-state index contributed by atoms with van der Waals surface area (Å²) in [5.41, 5.74) is 11.9. The van der Waals surface area contributed by atoms with Crippen LogP contribution in [-0.2, 0) is 0 Å². The first-order valence-corrected chi connectivity index (χ1v) is 7.22. The van der Waals surface area contributed by atoms with Crippen molar-refractivity contribution in [2.45, 2.75) is 13.8 Å². The third-order valence-electron chi connectivity index (χ3n) is 3.88. The highest BCUT2D eigenvalue weighted by molar-refractivity contribution is 6.03. The zero-order valence-corrected chi connectivity index (χ0v) is 12.4. The van der Waals surface area contributed by atoms with E-state index in [0.717, 1.165) is 11.3 Å². The molecule has 0 spiro atoms. The number of anilines is 1. The maximum Gasteiger partial charge on any atom is 0.0393 e. The lowest BCUT2D eigenvalue weighted by Crippen LogP contribution is -1.93. The predicted molar refractivity (Wildman–Crippen MR) is 93.2 cm³/mol. The summed E-state index contributed by atoms with van der Waals surface area (Å²) in [6, 6.07) is 18.8. The van der Waals surface area contributed by atoms with Gasteiger partial charge in [-0.15, -0.1) is 0 Å². The number of rotatable bonds is 2. The van der Waals surface area contributed by atoms with Crippen molar-refractivity contribution in [3.05, 3.63) is 71.8 Å². The largest absolute Gasteiger partial charge is 0.398 e. The van der Waals surface area contributed by atoms with Crippen LogP contribution in [0.15, 0.2) is 60.7 Å². The molecule has 0 aliphatic heterocycles. The van der Waals surface area contributed by atoms with Gasteiger partial charge in [0.1, 0.15) is 0 Å². The SMILES string of the molecule is C/C=C\c1c(C)cc(-c2ccccc2N)c2ccccc12. The van der Waals surface area contributed by atoms with E-state index >= 15 is 0 Å². The monoisotopic (exact) mass is 273 g/mol. The van der Waals surface area contributed by atoms with Gasteiger partial charge in [0.2, 0.25) is 0 Å². The topological polar surface area (TPSA) is 26.0 Å². The molecule has 0 fully saturated rings. The number of allylic oxidation sites excluding steroid dienone is 1. The number of para-hydroxylation sites is 1. The molecular formula is C20H19N. The molecule has 0 amide bonds. The van der Waals surface area contributed by atoms with Crippen molar-refractivity contribution in [1.29, 1.82) is 0 Å². The standard InChI is InChI=1S/C20H19N/c1-3-8-15-14(2)13-19(17-10-5-4-9-16(15)17)18-11-6-7-12-20(18)21/h3-13H,21H2,1-2H3/b8-3-. The van der Waals surface area contributed by atoms with E-state index in [-0.39, 0.29) is 0 Å². The van der Waals surface area contributed by atoms with Gasteiger partial charge < -0.3 is 5.73 Å². The molecule has 1 heteroatoms. The van der Waals surface area contributed by atoms with E-state index in [1.165, 1.54) is 27.5 Å². The summed E-state index contributed by atoms with van der Waals surface area (Å²) >= 11 is 0. The molecule has 0 atom stereocenters. The Morgan fingerprint density at radius 3 is 2.24 bits per heavy atom. The summed E-state index contributed by atoms with van der Waals surface area (Å²) in [5.74, 6) is 0. The first-order chi connectivity index (χ1) is 10.2. The molecule has 0 radical (unpaired) electrons. The van der Waals surface area contributed by atoms with Crippen molar-refractivity contribution >= 4 is 22.5 Å². The molecule has 0 aliphatic rings. The van der Waals surface area contributed by atoms with Gasteiger partial charge in [0.25, 0.3) is 0 Å². The summed E-state index contributed by atoms with van der Waals surface area (Å²) in [6.45, 7) is 4.21. The zero-order valence-electron chi connectivity index (χ0n) is 12.4. The molecule has 3 rings (SSSR count). The van der Waals surface area contributed by atoms with Crippen molar-refractivity contribution in [3.63, 3.8) is 0 Å². The Labute approximate surface area is 125 Å². The molecule has 2 N–H and O–H groups in total. The van der Waals surface area contributed by atoms with Gasteiger partial charge in [-0.25, -0.2) is 0 Å². The van der Waals surface area contributed by atoms with Crippen LogP contribution in [0.3, 0.4) is 0 Å². The summed E-state index contributed by atoms with van der Waals surface area (Å²) in [5, 5.41) is 2.52. The fraction of sp³-hybridized carbons (Fsp3) is 0.100. The van der Waals surface area contributed by atoms with Gasteiger partial charge >= 0.3 is 0 Å². The van der Waals surface area contributed by atoms with Gasteiger partial charge in [-0.05, 0) is 47.4 Å². The molecular weight excluding hydrogens is 254 g/mol. The van der Waals surface area contributed by atoms with Crippen LogP contribution in [0, 0.1) is 6.92 Å². The van der Waals surface area contributed by atoms with Crippen molar-refractivity contribution in [2.24, 2.45) is 0 Å². The Hall–Kier alpha value is -2.54. The minimum Gasteiger partial charge on any atom is -0.398 e. The molecule has 3 aromatic carbocycles.